The summed E-state index contributed by atoms with van der Waals surface area (Å²) in [5.41, 5.74) is 1.20. The molecule has 1 saturated heterocycles. The smallest absolute Gasteiger partial charge is 0.241 e. The summed E-state index contributed by atoms with van der Waals surface area (Å²) < 4.78 is 5.27. The molecule has 100 valence electrons. The van der Waals surface area contributed by atoms with E-state index in [1.807, 2.05) is 6.92 Å². The average molecular weight is 259 g/mol. The van der Waals surface area contributed by atoms with Crippen molar-refractivity contribution in [1.82, 2.24) is 4.90 Å². The Bertz CT molecular complexity index is 490. The van der Waals surface area contributed by atoms with E-state index in [0.29, 0.717) is 24.5 Å². The van der Waals surface area contributed by atoms with Crippen molar-refractivity contribution in [2.45, 2.75) is 13.0 Å². The van der Waals surface area contributed by atoms with Crippen LogP contribution in [0, 0.1) is 11.3 Å². The predicted octanol–water partition coefficient (Wildman–Crippen LogP) is 1.22. The molecule has 1 heterocycles. The molecule has 1 amide bonds. The monoisotopic (exact) mass is 259 g/mol. The van der Waals surface area contributed by atoms with E-state index in [1.54, 1.807) is 24.3 Å². The molecule has 0 radical (unpaired) electrons. The Morgan fingerprint density at radius 1 is 1.47 bits per heavy atom. The second-order valence-corrected chi connectivity index (χ2v) is 4.51. The largest absolute Gasteiger partial charge is 0.379 e. The fourth-order valence-corrected chi connectivity index (χ4v) is 2.04. The van der Waals surface area contributed by atoms with Gasteiger partial charge in [-0.25, -0.2) is 0 Å². The van der Waals surface area contributed by atoms with Crippen molar-refractivity contribution in [2.24, 2.45) is 0 Å². The first kappa shape index (κ1) is 13.5. The Kier molecular flexibility index (Phi) is 4.50. The van der Waals surface area contributed by atoms with Crippen molar-refractivity contribution in [3.05, 3.63) is 29.8 Å². The molecule has 1 aliphatic rings. The number of carbonyl (C=O) groups is 1. The summed E-state index contributed by atoms with van der Waals surface area (Å²) in [6.45, 7) is 4.76. The molecule has 5 nitrogen and oxygen atoms in total. The predicted molar refractivity (Wildman–Crippen MR) is 71.6 cm³/mol. The van der Waals surface area contributed by atoms with Crippen LogP contribution in [0.5, 0.6) is 0 Å². The van der Waals surface area contributed by atoms with Gasteiger partial charge in [0, 0.05) is 18.8 Å². The summed E-state index contributed by atoms with van der Waals surface area (Å²) in [6.07, 6.45) is 0. The number of rotatable bonds is 3. The van der Waals surface area contributed by atoms with Gasteiger partial charge in [0.1, 0.15) is 0 Å². The Labute approximate surface area is 112 Å². The Morgan fingerprint density at radius 3 is 2.89 bits per heavy atom. The molecule has 1 N–H and O–H groups in total. The normalized spacial score (nSPS) is 17.5. The van der Waals surface area contributed by atoms with Crippen LogP contribution in [0.25, 0.3) is 0 Å². The van der Waals surface area contributed by atoms with Crippen LogP contribution in [0.15, 0.2) is 24.3 Å². The molecule has 19 heavy (non-hydrogen) atoms. The molecule has 0 unspecified atom stereocenters. The molecule has 0 aliphatic carbocycles. The van der Waals surface area contributed by atoms with Crippen molar-refractivity contribution in [3.8, 4) is 6.07 Å². The minimum absolute atomic E-state index is 0.0583. The third kappa shape index (κ3) is 3.53. The Balaban J connectivity index is 1.97. The van der Waals surface area contributed by atoms with E-state index >= 15 is 0 Å². The lowest BCUT2D eigenvalue weighted by Gasteiger charge is -2.31. The number of morpholine rings is 1. The highest BCUT2D eigenvalue weighted by Gasteiger charge is 2.23. The number of nitrogens with one attached hydrogen (secondary N) is 1. The summed E-state index contributed by atoms with van der Waals surface area (Å²) in [7, 11) is 0. The van der Waals surface area contributed by atoms with Crippen molar-refractivity contribution in [2.75, 3.05) is 31.6 Å². The number of hydrogen-bond acceptors (Lipinski definition) is 4. The van der Waals surface area contributed by atoms with E-state index in [1.165, 1.54) is 0 Å². The highest BCUT2D eigenvalue weighted by molar-refractivity contribution is 5.94. The third-order valence-corrected chi connectivity index (χ3v) is 3.23. The lowest BCUT2D eigenvalue weighted by molar-refractivity contribution is -0.122. The van der Waals surface area contributed by atoms with Gasteiger partial charge in [0.05, 0.1) is 30.9 Å². The van der Waals surface area contributed by atoms with E-state index in [-0.39, 0.29) is 11.9 Å². The number of benzene rings is 1. The van der Waals surface area contributed by atoms with Gasteiger partial charge in [-0.05, 0) is 25.1 Å². The Hall–Kier alpha value is -1.90. The van der Waals surface area contributed by atoms with E-state index in [0.717, 1.165) is 13.1 Å². The van der Waals surface area contributed by atoms with Crippen molar-refractivity contribution in [1.29, 1.82) is 5.26 Å². The molecular weight excluding hydrogens is 242 g/mol. The molecule has 1 aliphatic heterocycles. The van der Waals surface area contributed by atoms with Gasteiger partial charge >= 0.3 is 0 Å². The van der Waals surface area contributed by atoms with Crippen LogP contribution >= 0.6 is 0 Å². The van der Waals surface area contributed by atoms with Gasteiger partial charge in [-0.1, -0.05) is 6.07 Å². The van der Waals surface area contributed by atoms with Gasteiger partial charge in [-0.3, -0.25) is 9.69 Å². The molecule has 2 rings (SSSR count). The van der Waals surface area contributed by atoms with E-state index < -0.39 is 0 Å². The second kappa shape index (κ2) is 6.32. The van der Waals surface area contributed by atoms with Gasteiger partial charge in [0.15, 0.2) is 0 Å². The zero-order chi connectivity index (χ0) is 13.7. The molecule has 1 fully saturated rings. The van der Waals surface area contributed by atoms with E-state index in [4.69, 9.17) is 10.00 Å². The topological polar surface area (TPSA) is 65.4 Å². The maximum atomic E-state index is 12.1. The SMILES string of the molecule is C[C@H](C(=O)Nc1cccc(C#N)c1)N1CCOCC1. The van der Waals surface area contributed by atoms with Gasteiger partial charge in [0.2, 0.25) is 5.91 Å². The molecule has 1 aromatic carbocycles. The zero-order valence-corrected chi connectivity index (χ0v) is 10.9. The second-order valence-electron chi connectivity index (χ2n) is 4.51. The van der Waals surface area contributed by atoms with Crippen LogP contribution in [0.3, 0.4) is 0 Å². The maximum absolute atomic E-state index is 12.1. The van der Waals surface area contributed by atoms with Crippen LogP contribution in [0.2, 0.25) is 0 Å². The van der Waals surface area contributed by atoms with Crippen LogP contribution in [0.4, 0.5) is 5.69 Å². The molecule has 5 heteroatoms. The van der Waals surface area contributed by atoms with Crippen LogP contribution in [-0.2, 0) is 9.53 Å². The van der Waals surface area contributed by atoms with Gasteiger partial charge in [-0.15, -0.1) is 0 Å². The number of carbonyl (C=O) groups excluding carboxylic acids is 1. The van der Waals surface area contributed by atoms with Crippen LogP contribution in [-0.4, -0.2) is 43.2 Å². The van der Waals surface area contributed by atoms with Crippen LogP contribution < -0.4 is 5.32 Å². The van der Waals surface area contributed by atoms with Gasteiger partial charge in [0.25, 0.3) is 0 Å². The van der Waals surface area contributed by atoms with Crippen LogP contribution in [0.1, 0.15) is 12.5 Å². The fourth-order valence-electron chi connectivity index (χ4n) is 2.04. The maximum Gasteiger partial charge on any atom is 0.241 e. The first-order valence-corrected chi connectivity index (χ1v) is 6.33. The quantitative estimate of drug-likeness (QED) is 0.886. The average Bonchev–Trinajstić information content (AvgIpc) is 2.47. The zero-order valence-electron chi connectivity index (χ0n) is 10.9. The number of nitrogens with zero attached hydrogens (tertiary/aromatic N) is 2. The first-order valence-electron chi connectivity index (χ1n) is 6.33. The molecular formula is C14H17N3O2. The number of anilines is 1. The molecule has 1 atom stereocenters. The summed E-state index contributed by atoms with van der Waals surface area (Å²) in [4.78, 5) is 14.2. The Morgan fingerprint density at radius 2 is 2.21 bits per heavy atom. The molecule has 0 bridgehead atoms. The minimum Gasteiger partial charge on any atom is -0.379 e. The molecule has 0 aromatic heterocycles. The highest BCUT2D eigenvalue weighted by Crippen LogP contribution is 2.12. The molecule has 0 spiro atoms. The number of ether oxygens (including phenoxy) is 1. The minimum atomic E-state index is -0.199. The highest BCUT2D eigenvalue weighted by atomic mass is 16.5. The lowest BCUT2D eigenvalue weighted by atomic mass is 10.2. The van der Waals surface area contributed by atoms with Gasteiger partial charge < -0.3 is 10.1 Å². The molecule has 1 aromatic rings. The summed E-state index contributed by atoms with van der Waals surface area (Å²) in [5.74, 6) is -0.0583. The van der Waals surface area contributed by atoms with E-state index in [9.17, 15) is 4.79 Å². The number of amides is 1. The van der Waals surface area contributed by atoms with Crippen molar-refractivity contribution in [3.63, 3.8) is 0 Å². The van der Waals surface area contributed by atoms with Gasteiger partial charge in [-0.2, -0.15) is 5.26 Å². The fraction of sp³-hybridized carbons (Fsp3) is 0.429. The van der Waals surface area contributed by atoms with E-state index in [2.05, 4.69) is 16.3 Å². The number of nitriles is 1. The van der Waals surface area contributed by atoms with Crippen molar-refractivity contribution >= 4 is 11.6 Å². The standard InChI is InChI=1S/C14H17N3O2/c1-11(17-5-7-19-8-6-17)14(18)16-13-4-2-3-12(9-13)10-15/h2-4,9,11H,5-8H2,1H3,(H,16,18)/t11-/m1/s1. The molecule has 0 saturated carbocycles. The summed E-state index contributed by atoms with van der Waals surface area (Å²) in [6, 6.07) is 8.78. The van der Waals surface area contributed by atoms with Crippen molar-refractivity contribution < 1.29 is 9.53 Å². The third-order valence-electron chi connectivity index (χ3n) is 3.23. The lowest BCUT2D eigenvalue weighted by Crippen LogP contribution is -2.47. The summed E-state index contributed by atoms with van der Waals surface area (Å²) in [5, 5.41) is 11.7. The first-order chi connectivity index (χ1) is 9.20. The summed E-state index contributed by atoms with van der Waals surface area (Å²) >= 11 is 0. The number of hydrogen-bond donors (Lipinski definition) is 1.